The lowest BCUT2D eigenvalue weighted by Gasteiger charge is -2.12. The molecule has 94 valence electrons. The molecule has 0 atom stereocenters. The molecule has 18 heavy (non-hydrogen) atoms. The van der Waals surface area contributed by atoms with E-state index in [0.29, 0.717) is 0 Å². The first-order valence-corrected chi connectivity index (χ1v) is 7.25. The summed E-state index contributed by atoms with van der Waals surface area (Å²) in [5.41, 5.74) is 3.24. The van der Waals surface area contributed by atoms with Crippen LogP contribution in [0.15, 0.2) is 30.3 Å². The molecule has 0 saturated carbocycles. The van der Waals surface area contributed by atoms with Crippen molar-refractivity contribution in [3.63, 3.8) is 0 Å². The van der Waals surface area contributed by atoms with E-state index >= 15 is 0 Å². The summed E-state index contributed by atoms with van der Waals surface area (Å²) in [7, 11) is 1.90. The Bertz CT molecular complexity index is 526. The Morgan fingerprint density at radius 2 is 1.89 bits per heavy atom. The number of thioether (sulfide) groups is 1. The minimum atomic E-state index is 0.828. The molecule has 1 heterocycles. The molecule has 2 rings (SSSR count). The molecular weight excluding hydrogens is 242 g/mol. The maximum atomic E-state index is 4.67. The lowest BCUT2D eigenvalue weighted by molar-refractivity contribution is 1.02. The second-order valence-electron chi connectivity index (χ2n) is 4.01. The topological polar surface area (TPSA) is 37.8 Å². The van der Waals surface area contributed by atoms with Crippen molar-refractivity contribution in [1.82, 2.24) is 9.97 Å². The van der Waals surface area contributed by atoms with E-state index in [4.69, 9.17) is 0 Å². The highest BCUT2D eigenvalue weighted by Gasteiger charge is 2.11. The molecule has 0 aliphatic rings. The molecule has 2 aromatic rings. The highest BCUT2D eigenvalue weighted by atomic mass is 32.2. The first-order valence-electron chi connectivity index (χ1n) is 5.86. The third kappa shape index (κ3) is 2.64. The highest BCUT2D eigenvalue weighted by molar-refractivity contribution is 7.97. The summed E-state index contributed by atoms with van der Waals surface area (Å²) in [6.07, 6.45) is 2.06. The Morgan fingerprint density at radius 3 is 2.50 bits per heavy atom. The lowest BCUT2D eigenvalue weighted by Crippen LogP contribution is -2.04. The summed E-state index contributed by atoms with van der Waals surface area (Å²) >= 11 is 1.73. The second-order valence-corrected chi connectivity index (χ2v) is 4.88. The molecule has 0 aliphatic carbocycles. The number of aromatic nitrogens is 2. The van der Waals surface area contributed by atoms with E-state index in [-0.39, 0.29) is 0 Å². The minimum absolute atomic E-state index is 0.828. The minimum Gasteiger partial charge on any atom is -0.373 e. The molecule has 0 aliphatic heterocycles. The average Bonchev–Trinajstić information content (AvgIpc) is 2.42. The Labute approximate surface area is 112 Å². The SMILES string of the molecule is CNc1nc(CSC)nc(-c2ccccc2)c1C. The van der Waals surface area contributed by atoms with E-state index in [0.717, 1.165) is 34.2 Å². The fraction of sp³-hybridized carbons (Fsp3) is 0.286. The van der Waals surface area contributed by atoms with Gasteiger partial charge in [0.2, 0.25) is 0 Å². The third-order valence-corrected chi connectivity index (χ3v) is 3.30. The fourth-order valence-corrected chi connectivity index (χ4v) is 2.26. The zero-order valence-corrected chi connectivity index (χ0v) is 11.7. The van der Waals surface area contributed by atoms with Gasteiger partial charge in [-0.05, 0) is 13.2 Å². The number of benzene rings is 1. The Balaban J connectivity index is 2.55. The van der Waals surface area contributed by atoms with Gasteiger partial charge in [-0.25, -0.2) is 9.97 Å². The van der Waals surface area contributed by atoms with Crippen molar-refractivity contribution in [2.75, 3.05) is 18.6 Å². The predicted molar refractivity (Wildman–Crippen MR) is 79.0 cm³/mol. The van der Waals surface area contributed by atoms with Gasteiger partial charge in [0, 0.05) is 18.2 Å². The van der Waals surface area contributed by atoms with Gasteiger partial charge in [0.05, 0.1) is 11.4 Å². The van der Waals surface area contributed by atoms with Gasteiger partial charge in [-0.15, -0.1) is 0 Å². The monoisotopic (exact) mass is 259 g/mol. The van der Waals surface area contributed by atoms with Crippen LogP contribution < -0.4 is 5.32 Å². The molecule has 1 N–H and O–H groups in total. The first kappa shape index (κ1) is 12.9. The standard InChI is InChI=1S/C14H17N3S/c1-10-13(11-7-5-4-6-8-11)16-12(9-18-3)17-14(10)15-2/h4-8H,9H2,1-3H3,(H,15,16,17). The summed E-state index contributed by atoms with van der Waals surface area (Å²) in [5, 5.41) is 3.14. The van der Waals surface area contributed by atoms with Gasteiger partial charge in [-0.1, -0.05) is 30.3 Å². The van der Waals surface area contributed by atoms with Gasteiger partial charge in [0.25, 0.3) is 0 Å². The number of nitrogens with zero attached hydrogens (tertiary/aromatic N) is 2. The van der Waals surface area contributed by atoms with Gasteiger partial charge in [-0.2, -0.15) is 11.8 Å². The Kier molecular flexibility index (Phi) is 4.20. The van der Waals surface area contributed by atoms with Crippen LogP contribution >= 0.6 is 11.8 Å². The number of nitrogens with one attached hydrogen (secondary N) is 1. The van der Waals surface area contributed by atoms with Crippen LogP contribution in [0.1, 0.15) is 11.4 Å². The Morgan fingerprint density at radius 1 is 1.17 bits per heavy atom. The van der Waals surface area contributed by atoms with Crippen LogP contribution in [0.3, 0.4) is 0 Å². The first-order chi connectivity index (χ1) is 8.76. The number of hydrogen-bond acceptors (Lipinski definition) is 4. The van der Waals surface area contributed by atoms with Crippen LogP contribution in [-0.4, -0.2) is 23.3 Å². The lowest BCUT2D eigenvalue weighted by atomic mass is 10.1. The maximum absolute atomic E-state index is 4.67. The number of rotatable bonds is 4. The Hall–Kier alpha value is -1.55. The van der Waals surface area contributed by atoms with Gasteiger partial charge < -0.3 is 5.32 Å². The molecule has 1 aromatic heterocycles. The molecule has 0 fully saturated rings. The maximum Gasteiger partial charge on any atom is 0.141 e. The van der Waals surface area contributed by atoms with Crippen molar-refractivity contribution >= 4 is 17.6 Å². The molecule has 0 amide bonds. The largest absolute Gasteiger partial charge is 0.373 e. The van der Waals surface area contributed by atoms with Gasteiger partial charge in [0.15, 0.2) is 0 Å². The summed E-state index contributed by atoms with van der Waals surface area (Å²) < 4.78 is 0. The molecule has 0 saturated heterocycles. The van der Waals surface area contributed by atoms with Gasteiger partial charge >= 0.3 is 0 Å². The van der Waals surface area contributed by atoms with Crippen molar-refractivity contribution in [1.29, 1.82) is 0 Å². The molecule has 3 nitrogen and oxygen atoms in total. The van der Waals surface area contributed by atoms with Crippen molar-refractivity contribution < 1.29 is 0 Å². The van der Waals surface area contributed by atoms with Crippen molar-refractivity contribution in [3.8, 4) is 11.3 Å². The van der Waals surface area contributed by atoms with E-state index in [9.17, 15) is 0 Å². The van der Waals surface area contributed by atoms with Gasteiger partial charge in [0.1, 0.15) is 11.6 Å². The second kappa shape index (κ2) is 5.87. The van der Waals surface area contributed by atoms with Crippen LogP contribution in [0.25, 0.3) is 11.3 Å². The smallest absolute Gasteiger partial charge is 0.141 e. The van der Waals surface area contributed by atoms with Crippen LogP contribution in [0.2, 0.25) is 0 Å². The summed E-state index contributed by atoms with van der Waals surface area (Å²) in [6.45, 7) is 2.05. The van der Waals surface area contributed by atoms with Crippen molar-refractivity contribution in [2.24, 2.45) is 0 Å². The fourth-order valence-electron chi connectivity index (χ4n) is 1.88. The number of hydrogen-bond donors (Lipinski definition) is 1. The molecular formula is C14H17N3S. The quantitative estimate of drug-likeness (QED) is 0.913. The molecule has 0 radical (unpaired) electrons. The molecule has 1 aromatic carbocycles. The normalized spacial score (nSPS) is 10.4. The van der Waals surface area contributed by atoms with Crippen LogP contribution in [0, 0.1) is 6.92 Å². The van der Waals surface area contributed by atoms with E-state index in [1.54, 1.807) is 11.8 Å². The van der Waals surface area contributed by atoms with Crippen molar-refractivity contribution in [3.05, 3.63) is 41.7 Å². The average molecular weight is 259 g/mol. The molecule has 0 bridgehead atoms. The van der Waals surface area contributed by atoms with Crippen molar-refractivity contribution in [2.45, 2.75) is 12.7 Å². The summed E-state index contributed by atoms with van der Waals surface area (Å²) in [4.78, 5) is 9.19. The van der Waals surface area contributed by atoms with E-state index in [1.807, 2.05) is 25.2 Å². The highest BCUT2D eigenvalue weighted by Crippen LogP contribution is 2.26. The van der Waals surface area contributed by atoms with Crippen LogP contribution in [-0.2, 0) is 5.75 Å². The van der Waals surface area contributed by atoms with Crippen LogP contribution in [0.5, 0.6) is 0 Å². The van der Waals surface area contributed by atoms with E-state index < -0.39 is 0 Å². The predicted octanol–water partition coefficient (Wildman–Crippen LogP) is 3.36. The van der Waals surface area contributed by atoms with E-state index in [1.165, 1.54) is 0 Å². The molecule has 4 heteroatoms. The summed E-state index contributed by atoms with van der Waals surface area (Å²) in [5.74, 6) is 2.61. The molecule has 0 spiro atoms. The van der Waals surface area contributed by atoms with Crippen LogP contribution in [0.4, 0.5) is 5.82 Å². The zero-order valence-electron chi connectivity index (χ0n) is 10.9. The van der Waals surface area contributed by atoms with Gasteiger partial charge in [-0.3, -0.25) is 0 Å². The summed E-state index contributed by atoms with van der Waals surface area (Å²) in [6, 6.07) is 10.2. The third-order valence-electron chi connectivity index (χ3n) is 2.75. The zero-order chi connectivity index (χ0) is 13.0. The number of anilines is 1. The van der Waals surface area contributed by atoms with E-state index in [2.05, 4.69) is 40.6 Å². The molecule has 0 unspecified atom stereocenters.